The molecule has 0 spiro atoms. The largest absolute Gasteiger partial charge is 0.0616 e. The number of benzene rings is 6. The molecule has 0 aromatic heterocycles. The van der Waals surface area contributed by atoms with Crippen molar-refractivity contribution in [2.24, 2.45) is 0 Å². The average molecular weight is 397 g/mol. The molecule has 0 unspecified atom stereocenters. The lowest BCUT2D eigenvalue weighted by Crippen LogP contribution is -1.94. The van der Waals surface area contributed by atoms with Crippen molar-refractivity contribution in [2.75, 3.05) is 0 Å². The molecule has 0 atom stereocenters. The number of hydrogen-bond acceptors (Lipinski definition) is 0. The highest BCUT2D eigenvalue weighted by atomic mass is 14.1. The first-order chi connectivity index (χ1) is 15.4. The monoisotopic (exact) mass is 396 g/mol. The van der Waals surface area contributed by atoms with Gasteiger partial charge in [0.2, 0.25) is 0 Å². The fraction of sp³-hybridized carbons (Fsp3) is 0.0968. The van der Waals surface area contributed by atoms with Gasteiger partial charge in [-0.15, -0.1) is 0 Å². The quantitative estimate of drug-likeness (QED) is 0.262. The predicted molar refractivity (Wildman–Crippen MR) is 135 cm³/mol. The van der Waals surface area contributed by atoms with Crippen LogP contribution >= 0.6 is 0 Å². The maximum atomic E-state index is 2.40. The molecule has 0 radical (unpaired) electrons. The van der Waals surface area contributed by atoms with Crippen molar-refractivity contribution in [3.05, 3.63) is 120 Å². The minimum absolute atomic E-state index is 1.09. The third kappa shape index (κ3) is 3.16. The highest BCUT2D eigenvalue weighted by Crippen LogP contribution is 2.32. The molecule has 0 aliphatic rings. The van der Waals surface area contributed by atoms with E-state index in [4.69, 9.17) is 0 Å². The predicted octanol–water partition coefficient (Wildman–Crippen LogP) is 8.47. The van der Waals surface area contributed by atoms with Crippen molar-refractivity contribution in [3.8, 4) is 0 Å². The van der Waals surface area contributed by atoms with Crippen molar-refractivity contribution in [2.45, 2.75) is 19.3 Å². The van der Waals surface area contributed by atoms with Gasteiger partial charge in [0.1, 0.15) is 0 Å². The van der Waals surface area contributed by atoms with E-state index in [0.717, 1.165) is 19.3 Å². The van der Waals surface area contributed by atoms with E-state index >= 15 is 0 Å². The van der Waals surface area contributed by atoms with Crippen LogP contribution in [-0.4, -0.2) is 0 Å². The highest BCUT2D eigenvalue weighted by molar-refractivity contribution is 6.10. The van der Waals surface area contributed by atoms with E-state index in [1.54, 1.807) is 0 Å². The zero-order valence-electron chi connectivity index (χ0n) is 17.5. The number of fused-ring (bicyclic) bond motifs is 6. The normalized spacial score (nSPS) is 11.6. The highest BCUT2D eigenvalue weighted by Gasteiger charge is 2.09. The fourth-order valence-electron chi connectivity index (χ4n) is 5.15. The summed E-state index contributed by atoms with van der Waals surface area (Å²) in [7, 11) is 0. The van der Waals surface area contributed by atoms with Crippen LogP contribution in [0.1, 0.15) is 17.5 Å². The molecular weight excluding hydrogens is 372 g/mol. The molecule has 148 valence electrons. The molecule has 6 aromatic carbocycles. The van der Waals surface area contributed by atoms with Crippen LogP contribution in [0.15, 0.2) is 109 Å². The van der Waals surface area contributed by atoms with E-state index in [0.29, 0.717) is 0 Å². The molecule has 6 rings (SSSR count). The number of aryl methyl sites for hydroxylation is 2. The van der Waals surface area contributed by atoms with Crippen LogP contribution in [-0.2, 0) is 12.8 Å². The topological polar surface area (TPSA) is 0 Å². The molecule has 31 heavy (non-hydrogen) atoms. The van der Waals surface area contributed by atoms with Gasteiger partial charge in [0.05, 0.1) is 0 Å². The van der Waals surface area contributed by atoms with E-state index in [1.807, 2.05) is 0 Å². The van der Waals surface area contributed by atoms with Crippen molar-refractivity contribution >= 4 is 43.1 Å². The van der Waals surface area contributed by atoms with E-state index in [2.05, 4.69) is 109 Å². The Bertz CT molecular complexity index is 1440. The standard InChI is InChI=1S/C31H24/c1-3-14-26-22(10-1)20-24(28-16-5-7-18-30(26)28)12-9-13-25-21-23-11-2-4-15-27(23)31-19-8-6-17-29(25)31/h1-8,10-11,14-21H,9,12-13H2. The second kappa shape index (κ2) is 7.56. The van der Waals surface area contributed by atoms with Gasteiger partial charge in [-0.1, -0.05) is 109 Å². The van der Waals surface area contributed by atoms with Gasteiger partial charge in [-0.3, -0.25) is 0 Å². The van der Waals surface area contributed by atoms with Crippen LogP contribution < -0.4 is 0 Å². The van der Waals surface area contributed by atoms with Gasteiger partial charge in [-0.2, -0.15) is 0 Å². The molecule has 0 saturated heterocycles. The summed E-state index contributed by atoms with van der Waals surface area (Å²) in [6.07, 6.45) is 3.32. The SMILES string of the molecule is c1ccc2c(c1)cc(CCCc1cc3ccccc3c3ccccc13)c1ccccc12. The van der Waals surface area contributed by atoms with Gasteiger partial charge in [-0.05, 0) is 73.5 Å². The molecule has 6 aromatic rings. The molecule has 0 aliphatic heterocycles. The number of hydrogen-bond donors (Lipinski definition) is 0. The van der Waals surface area contributed by atoms with Gasteiger partial charge in [0, 0.05) is 0 Å². The maximum Gasteiger partial charge on any atom is -0.0103 e. The summed E-state index contributed by atoms with van der Waals surface area (Å²) in [5, 5.41) is 10.9. The molecule has 0 nitrogen and oxygen atoms in total. The second-order valence-electron chi connectivity index (χ2n) is 8.46. The molecule has 0 saturated carbocycles. The Kier molecular flexibility index (Phi) is 4.43. The zero-order chi connectivity index (χ0) is 20.6. The second-order valence-corrected chi connectivity index (χ2v) is 8.46. The number of rotatable bonds is 4. The van der Waals surface area contributed by atoms with Crippen LogP contribution in [0.2, 0.25) is 0 Å². The maximum absolute atomic E-state index is 2.40. The van der Waals surface area contributed by atoms with Crippen LogP contribution in [0.25, 0.3) is 43.1 Å². The summed E-state index contributed by atoms with van der Waals surface area (Å²) < 4.78 is 0. The third-order valence-corrected chi connectivity index (χ3v) is 6.60. The summed E-state index contributed by atoms with van der Waals surface area (Å²) >= 11 is 0. The average Bonchev–Trinajstić information content (AvgIpc) is 2.84. The zero-order valence-corrected chi connectivity index (χ0v) is 17.5. The van der Waals surface area contributed by atoms with Crippen LogP contribution in [0.4, 0.5) is 0 Å². The van der Waals surface area contributed by atoms with Gasteiger partial charge in [0.15, 0.2) is 0 Å². The molecule has 0 heteroatoms. The van der Waals surface area contributed by atoms with Crippen molar-refractivity contribution < 1.29 is 0 Å². The molecule has 0 fully saturated rings. The van der Waals surface area contributed by atoms with Gasteiger partial charge < -0.3 is 0 Å². The van der Waals surface area contributed by atoms with Gasteiger partial charge in [-0.25, -0.2) is 0 Å². The minimum atomic E-state index is 1.09. The van der Waals surface area contributed by atoms with E-state index in [9.17, 15) is 0 Å². The molecule has 0 aliphatic carbocycles. The summed E-state index contributed by atoms with van der Waals surface area (Å²) in [5.74, 6) is 0. The van der Waals surface area contributed by atoms with Crippen molar-refractivity contribution in [3.63, 3.8) is 0 Å². The first kappa shape index (κ1) is 18.2. The lowest BCUT2D eigenvalue weighted by Gasteiger charge is -2.13. The van der Waals surface area contributed by atoms with E-state index in [-0.39, 0.29) is 0 Å². The smallest absolute Gasteiger partial charge is 0.0103 e. The fourth-order valence-corrected chi connectivity index (χ4v) is 5.15. The summed E-state index contributed by atoms with van der Waals surface area (Å²) in [6.45, 7) is 0. The molecule has 0 N–H and O–H groups in total. The first-order valence-electron chi connectivity index (χ1n) is 11.2. The molecular formula is C31H24. The third-order valence-electron chi connectivity index (χ3n) is 6.60. The Morgan fingerprint density at radius 1 is 0.355 bits per heavy atom. The van der Waals surface area contributed by atoms with Gasteiger partial charge in [0.25, 0.3) is 0 Å². The molecule has 0 bridgehead atoms. The minimum Gasteiger partial charge on any atom is -0.0616 e. The van der Waals surface area contributed by atoms with E-state index < -0.39 is 0 Å². The lowest BCUT2D eigenvalue weighted by atomic mass is 9.92. The van der Waals surface area contributed by atoms with Crippen LogP contribution in [0.5, 0.6) is 0 Å². The Balaban J connectivity index is 1.37. The van der Waals surface area contributed by atoms with Crippen LogP contribution in [0.3, 0.4) is 0 Å². The Hall–Kier alpha value is -3.64. The van der Waals surface area contributed by atoms with Crippen molar-refractivity contribution in [1.29, 1.82) is 0 Å². The Morgan fingerprint density at radius 2 is 0.710 bits per heavy atom. The molecule has 0 heterocycles. The van der Waals surface area contributed by atoms with Crippen molar-refractivity contribution in [1.82, 2.24) is 0 Å². The van der Waals surface area contributed by atoms with E-state index in [1.165, 1.54) is 54.2 Å². The van der Waals surface area contributed by atoms with Gasteiger partial charge >= 0.3 is 0 Å². The summed E-state index contributed by atoms with van der Waals surface area (Å²) in [6, 6.07) is 40.0. The van der Waals surface area contributed by atoms with Crippen LogP contribution in [0, 0.1) is 0 Å². The Morgan fingerprint density at radius 3 is 1.16 bits per heavy atom. The lowest BCUT2D eigenvalue weighted by molar-refractivity contribution is 0.831. The first-order valence-corrected chi connectivity index (χ1v) is 11.2. The summed E-state index contributed by atoms with van der Waals surface area (Å²) in [5.41, 5.74) is 2.92. The summed E-state index contributed by atoms with van der Waals surface area (Å²) in [4.78, 5) is 0. The Labute approximate surface area is 182 Å². The molecule has 0 amide bonds.